The van der Waals surface area contributed by atoms with Crippen LogP contribution < -0.4 is 0 Å². The average Bonchev–Trinajstić information content (AvgIpc) is 2.30. The van der Waals surface area contributed by atoms with Crippen LogP contribution in [0.3, 0.4) is 0 Å². The highest BCUT2D eigenvalue weighted by Crippen LogP contribution is 2.10. The summed E-state index contributed by atoms with van der Waals surface area (Å²) < 4.78 is 0. The normalized spacial score (nSPS) is 12.1. The van der Waals surface area contributed by atoms with Gasteiger partial charge in [-0.25, -0.2) is 0 Å². The Bertz CT molecular complexity index is 418. The molecule has 0 heterocycles. The summed E-state index contributed by atoms with van der Waals surface area (Å²) in [5.74, 6) is 6.01. The van der Waals surface area contributed by atoms with E-state index in [9.17, 15) is 5.11 Å². The Hall–Kier alpha value is -1.34. The van der Waals surface area contributed by atoms with Crippen molar-refractivity contribution in [1.82, 2.24) is 4.90 Å². The third kappa shape index (κ3) is 5.33. The van der Waals surface area contributed by atoms with E-state index in [1.807, 2.05) is 31.3 Å². The minimum atomic E-state index is -0.331. The van der Waals surface area contributed by atoms with E-state index in [0.29, 0.717) is 13.0 Å². The molecule has 1 unspecified atom stereocenters. The van der Waals surface area contributed by atoms with E-state index >= 15 is 0 Å². The summed E-state index contributed by atoms with van der Waals surface area (Å²) in [6.07, 6.45) is 0.167. The first kappa shape index (κ1) is 14.7. The van der Waals surface area contributed by atoms with Crippen LogP contribution >= 0.6 is 0 Å². The number of hydrogen-bond donors (Lipinski definition) is 2. The van der Waals surface area contributed by atoms with E-state index in [0.717, 1.165) is 17.7 Å². The molecule has 0 aliphatic carbocycles. The third-order valence-electron chi connectivity index (χ3n) is 2.49. The van der Waals surface area contributed by atoms with Crippen molar-refractivity contribution in [3.63, 3.8) is 0 Å². The molecule has 2 N–H and O–H groups in total. The number of aliphatic hydroxyl groups excluding tert-OH is 2. The fourth-order valence-corrected chi connectivity index (χ4v) is 1.80. The molecule has 1 atom stereocenters. The van der Waals surface area contributed by atoms with Crippen LogP contribution in [0.4, 0.5) is 0 Å². The van der Waals surface area contributed by atoms with E-state index in [-0.39, 0.29) is 12.7 Å². The van der Waals surface area contributed by atoms with Gasteiger partial charge in [-0.05, 0) is 25.6 Å². The Morgan fingerprint density at radius 1 is 1.33 bits per heavy atom. The smallest absolute Gasteiger partial charge is 0.0639 e. The van der Waals surface area contributed by atoms with E-state index in [1.165, 1.54) is 0 Å². The van der Waals surface area contributed by atoms with Gasteiger partial charge >= 0.3 is 0 Å². The van der Waals surface area contributed by atoms with Gasteiger partial charge in [0, 0.05) is 25.1 Å². The number of nitrogens with zero attached hydrogens (tertiary/aromatic N) is 1. The van der Waals surface area contributed by atoms with Crippen LogP contribution in [0.15, 0.2) is 24.3 Å². The van der Waals surface area contributed by atoms with Crippen molar-refractivity contribution in [2.75, 3.05) is 20.2 Å². The van der Waals surface area contributed by atoms with Gasteiger partial charge in [0.25, 0.3) is 0 Å². The van der Waals surface area contributed by atoms with E-state index < -0.39 is 0 Å². The lowest BCUT2D eigenvalue weighted by atomic mass is 10.1. The SMILES string of the molecule is CC(O)CN(C)Cc1ccccc1C#CCCO. The van der Waals surface area contributed by atoms with Crippen molar-refractivity contribution >= 4 is 0 Å². The topological polar surface area (TPSA) is 43.7 Å². The lowest BCUT2D eigenvalue weighted by Gasteiger charge is -2.19. The molecule has 0 saturated heterocycles. The van der Waals surface area contributed by atoms with E-state index in [4.69, 9.17) is 5.11 Å². The van der Waals surface area contributed by atoms with Crippen molar-refractivity contribution in [3.05, 3.63) is 35.4 Å². The zero-order chi connectivity index (χ0) is 13.4. The van der Waals surface area contributed by atoms with Gasteiger partial charge in [0.1, 0.15) is 0 Å². The maximum absolute atomic E-state index is 9.35. The lowest BCUT2D eigenvalue weighted by Crippen LogP contribution is -2.27. The van der Waals surface area contributed by atoms with Gasteiger partial charge in [-0.3, -0.25) is 4.90 Å². The minimum Gasteiger partial charge on any atom is -0.395 e. The van der Waals surface area contributed by atoms with Crippen molar-refractivity contribution < 1.29 is 10.2 Å². The highest BCUT2D eigenvalue weighted by molar-refractivity contribution is 5.41. The number of aliphatic hydroxyl groups is 2. The molecule has 0 bridgehead atoms. The number of rotatable bonds is 5. The first-order valence-electron chi connectivity index (χ1n) is 6.17. The largest absolute Gasteiger partial charge is 0.395 e. The molecule has 1 aromatic rings. The van der Waals surface area contributed by atoms with Crippen LogP contribution in [-0.4, -0.2) is 41.4 Å². The lowest BCUT2D eigenvalue weighted by molar-refractivity contribution is 0.138. The molecule has 0 saturated carbocycles. The summed E-state index contributed by atoms with van der Waals surface area (Å²) in [4.78, 5) is 2.07. The Balaban J connectivity index is 2.73. The van der Waals surface area contributed by atoms with Crippen molar-refractivity contribution in [2.24, 2.45) is 0 Å². The summed E-state index contributed by atoms with van der Waals surface area (Å²) in [5, 5.41) is 18.1. The minimum absolute atomic E-state index is 0.0943. The van der Waals surface area contributed by atoms with Crippen molar-refractivity contribution in [2.45, 2.75) is 26.0 Å². The second-order valence-corrected chi connectivity index (χ2v) is 4.48. The molecule has 0 spiro atoms. The maximum Gasteiger partial charge on any atom is 0.0639 e. The maximum atomic E-state index is 9.35. The second kappa shape index (κ2) is 7.88. The number of hydrogen-bond acceptors (Lipinski definition) is 3. The molecule has 0 aliphatic heterocycles. The van der Waals surface area contributed by atoms with Crippen molar-refractivity contribution in [3.8, 4) is 11.8 Å². The highest BCUT2D eigenvalue weighted by Gasteiger charge is 2.06. The predicted molar refractivity (Wildman–Crippen MR) is 73.0 cm³/mol. The molecule has 18 heavy (non-hydrogen) atoms. The van der Waals surface area contributed by atoms with Gasteiger partial charge in [0.05, 0.1) is 12.7 Å². The van der Waals surface area contributed by atoms with Crippen LogP contribution in [0.2, 0.25) is 0 Å². The predicted octanol–water partition coefficient (Wildman–Crippen LogP) is 1.23. The van der Waals surface area contributed by atoms with E-state index in [1.54, 1.807) is 6.92 Å². The van der Waals surface area contributed by atoms with Gasteiger partial charge in [0.15, 0.2) is 0 Å². The van der Waals surface area contributed by atoms with Gasteiger partial charge in [-0.1, -0.05) is 30.0 Å². The van der Waals surface area contributed by atoms with Crippen LogP contribution in [-0.2, 0) is 6.54 Å². The quantitative estimate of drug-likeness (QED) is 0.769. The summed E-state index contributed by atoms with van der Waals surface area (Å²) in [7, 11) is 1.98. The highest BCUT2D eigenvalue weighted by atomic mass is 16.3. The first-order valence-corrected chi connectivity index (χ1v) is 6.17. The molecule has 0 aromatic heterocycles. The van der Waals surface area contributed by atoms with Gasteiger partial charge in [-0.2, -0.15) is 0 Å². The fraction of sp³-hybridized carbons (Fsp3) is 0.467. The Morgan fingerprint density at radius 2 is 2.06 bits per heavy atom. The molecular formula is C15H21NO2. The zero-order valence-corrected chi connectivity index (χ0v) is 11.1. The van der Waals surface area contributed by atoms with Crippen LogP contribution in [0.5, 0.6) is 0 Å². The van der Waals surface area contributed by atoms with Crippen molar-refractivity contribution in [1.29, 1.82) is 0 Å². The molecular weight excluding hydrogens is 226 g/mol. The van der Waals surface area contributed by atoms with Gasteiger partial charge < -0.3 is 10.2 Å². The molecule has 3 nitrogen and oxygen atoms in total. The first-order chi connectivity index (χ1) is 8.63. The van der Waals surface area contributed by atoms with Gasteiger partial charge in [-0.15, -0.1) is 0 Å². The average molecular weight is 247 g/mol. The van der Waals surface area contributed by atoms with Gasteiger partial charge in [0.2, 0.25) is 0 Å². The fourth-order valence-electron chi connectivity index (χ4n) is 1.80. The molecule has 0 aliphatic rings. The Morgan fingerprint density at radius 3 is 2.72 bits per heavy atom. The molecule has 98 valence electrons. The number of benzene rings is 1. The van der Waals surface area contributed by atoms with E-state index in [2.05, 4.69) is 16.7 Å². The van der Waals surface area contributed by atoms with Crippen LogP contribution in [0, 0.1) is 11.8 Å². The number of likely N-dealkylation sites (N-methyl/N-ethyl adjacent to an activating group) is 1. The van der Waals surface area contributed by atoms with Crippen LogP contribution in [0.25, 0.3) is 0 Å². The molecule has 0 amide bonds. The summed E-state index contributed by atoms with van der Waals surface area (Å²) in [5.41, 5.74) is 2.13. The van der Waals surface area contributed by atoms with Crippen LogP contribution in [0.1, 0.15) is 24.5 Å². The second-order valence-electron chi connectivity index (χ2n) is 4.48. The standard InChI is InChI=1S/C15H21NO2/c1-13(18)11-16(2)12-15-9-4-3-7-14(15)8-5-6-10-17/h3-4,7,9,13,17-18H,6,10-12H2,1-2H3. The summed E-state index contributed by atoms with van der Waals surface area (Å²) >= 11 is 0. The molecule has 0 fully saturated rings. The molecule has 0 radical (unpaired) electrons. The molecule has 3 heteroatoms. The Kier molecular flexibility index (Phi) is 6.45. The third-order valence-corrected chi connectivity index (χ3v) is 2.49. The zero-order valence-electron chi connectivity index (χ0n) is 11.1. The molecule has 1 aromatic carbocycles. The summed E-state index contributed by atoms with van der Waals surface area (Å²) in [6, 6.07) is 7.97. The molecule has 1 rings (SSSR count). The monoisotopic (exact) mass is 247 g/mol. The Labute approximate surface area is 109 Å². The summed E-state index contributed by atoms with van der Waals surface area (Å²) in [6.45, 7) is 3.27.